The molecule has 1 saturated heterocycles. The third-order valence-corrected chi connectivity index (χ3v) is 4.50. The number of aromatic nitrogens is 2. The van der Waals surface area contributed by atoms with E-state index in [2.05, 4.69) is 15.3 Å². The molecule has 25 heavy (non-hydrogen) atoms. The SMILES string of the molecule is NCC1CCN(c2nc(Nc3ccc(C=[NH2+])c(N)c3)ncc2F)CC1. The molecule has 0 amide bonds. The number of nitrogens with one attached hydrogen (secondary N) is 1. The van der Waals surface area contributed by atoms with Crippen molar-refractivity contribution in [2.45, 2.75) is 12.8 Å². The number of anilines is 4. The maximum Gasteiger partial charge on any atom is 0.229 e. The van der Waals surface area contributed by atoms with Gasteiger partial charge in [-0.25, -0.2) is 9.37 Å². The summed E-state index contributed by atoms with van der Waals surface area (Å²) in [6.45, 7) is 2.15. The van der Waals surface area contributed by atoms with Gasteiger partial charge < -0.3 is 21.7 Å². The summed E-state index contributed by atoms with van der Waals surface area (Å²) in [5, 5.41) is 8.54. The lowest BCUT2D eigenvalue weighted by molar-refractivity contribution is -0.104. The zero-order chi connectivity index (χ0) is 17.8. The first-order valence-corrected chi connectivity index (χ1v) is 8.29. The van der Waals surface area contributed by atoms with Gasteiger partial charge in [-0.05, 0) is 43.5 Å². The molecule has 0 aliphatic carbocycles. The number of nitrogens with two attached hydrogens (primary N) is 3. The Morgan fingerprint density at radius 1 is 1.36 bits per heavy atom. The van der Waals surface area contributed by atoms with E-state index in [1.165, 1.54) is 12.4 Å². The van der Waals surface area contributed by atoms with Crippen molar-refractivity contribution in [2.24, 2.45) is 11.7 Å². The van der Waals surface area contributed by atoms with Crippen LogP contribution in [0.2, 0.25) is 0 Å². The quantitative estimate of drug-likeness (QED) is 0.457. The van der Waals surface area contributed by atoms with E-state index in [1.54, 1.807) is 12.1 Å². The summed E-state index contributed by atoms with van der Waals surface area (Å²) in [7, 11) is 0. The molecule has 132 valence electrons. The van der Waals surface area contributed by atoms with Crippen LogP contribution >= 0.6 is 0 Å². The normalized spacial score (nSPS) is 15.2. The number of piperidine rings is 1. The molecule has 2 heterocycles. The summed E-state index contributed by atoms with van der Waals surface area (Å²) in [6.07, 6.45) is 4.51. The van der Waals surface area contributed by atoms with Crippen LogP contribution < -0.4 is 27.1 Å². The van der Waals surface area contributed by atoms with Crippen LogP contribution in [0.15, 0.2) is 24.4 Å². The molecule has 0 unspecified atom stereocenters. The van der Waals surface area contributed by atoms with Crippen LogP contribution in [-0.4, -0.2) is 35.8 Å². The number of rotatable bonds is 5. The van der Waals surface area contributed by atoms with Crippen LogP contribution in [-0.2, 0) is 0 Å². The molecule has 1 aromatic carbocycles. The molecule has 7 nitrogen and oxygen atoms in total. The van der Waals surface area contributed by atoms with Crippen LogP contribution in [0.1, 0.15) is 18.4 Å². The van der Waals surface area contributed by atoms with Gasteiger partial charge in [0.15, 0.2) is 17.8 Å². The third-order valence-electron chi connectivity index (χ3n) is 4.50. The molecule has 0 bridgehead atoms. The van der Waals surface area contributed by atoms with E-state index >= 15 is 0 Å². The van der Waals surface area contributed by atoms with Gasteiger partial charge in [0.25, 0.3) is 0 Å². The van der Waals surface area contributed by atoms with Gasteiger partial charge in [0, 0.05) is 24.5 Å². The molecule has 1 aliphatic heterocycles. The average molecular weight is 344 g/mol. The average Bonchev–Trinajstić information content (AvgIpc) is 2.63. The molecule has 0 spiro atoms. The number of hydrogen-bond donors (Lipinski definition) is 4. The molecule has 0 radical (unpaired) electrons. The number of nitrogen functional groups attached to an aromatic ring is 1. The fourth-order valence-corrected chi connectivity index (χ4v) is 2.95. The highest BCUT2D eigenvalue weighted by atomic mass is 19.1. The molecule has 3 rings (SSSR count). The summed E-state index contributed by atoms with van der Waals surface area (Å²) in [4.78, 5) is 10.3. The predicted octanol–water partition coefficient (Wildman–Crippen LogP) is 0.295. The van der Waals surface area contributed by atoms with Gasteiger partial charge in [0.2, 0.25) is 5.95 Å². The Morgan fingerprint density at radius 3 is 2.76 bits per heavy atom. The second-order valence-corrected chi connectivity index (χ2v) is 6.17. The first-order chi connectivity index (χ1) is 12.1. The maximum absolute atomic E-state index is 14.2. The fraction of sp³-hybridized carbons (Fsp3) is 0.353. The number of halogens is 1. The Bertz CT molecular complexity index is 757. The van der Waals surface area contributed by atoms with Crippen molar-refractivity contribution < 1.29 is 9.80 Å². The highest BCUT2D eigenvalue weighted by Gasteiger charge is 2.22. The van der Waals surface area contributed by atoms with E-state index in [9.17, 15) is 4.39 Å². The van der Waals surface area contributed by atoms with Crippen LogP contribution in [0.3, 0.4) is 0 Å². The van der Waals surface area contributed by atoms with Gasteiger partial charge in [-0.1, -0.05) is 0 Å². The minimum atomic E-state index is -0.427. The van der Waals surface area contributed by atoms with Crippen molar-refractivity contribution in [3.05, 3.63) is 35.8 Å². The minimum absolute atomic E-state index is 0.313. The first kappa shape index (κ1) is 17.1. The fourth-order valence-electron chi connectivity index (χ4n) is 2.95. The number of hydrogen-bond acceptors (Lipinski definition) is 6. The number of nitrogens with zero attached hydrogens (tertiary/aromatic N) is 3. The van der Waals surface area contributed by atoms with Crippen molar-refractivity contribution >= 4 is 29.4 Å². The van der Waals surface area contributed by atoms with E-state index in [0.29, 0.717) is 35.6 Å². The third kappa shape index (κ3) is 3.85. The molecular weight excluding hydrogens is 321 g/mol. The number of benzene rings is 1. The lowest BCUT2D eigenvalue weighted by atomic mass is 9.97. The van der Waals surface area contributed by atoms with Crippen molar-refractivity contribution in [2.75, 3.05) is 35.6 Å². The lowest BCUT2D eigenvalue weighted by Gasteiger charge is -2.32. The van der Waals surface area contributed by atoms with Gasteiger partial charge in [-0.3, -0.25) is 5.41 Å². The van der Waals surface area contributed by atoms with E-state index in [4.69, 9.17) is 16.9 Å². The second kappa shape index (κ2) is 7.43. The molecule has 1 aliphatic rings. The lowest BCUT2D eigenvalue weighted by Crippen LogP contribution is -2.37. The summed E-state index contributed by atoms with van der Waals surface area (Å²) in [5.41, 5.74) is 13.6. The van der Waals surface area contributed by atoms with Gasteiger partial charge in [-0.2, -0.15) is 4.98 Å². The van der Waals surface area contributed by atoms with E-state index in [1.807, 2.05) is 11.0 Å². The predicted molar refractivity (Wildman–Crippen MR) is 97.2 cm³/mol. The van der Waals surface area contributed by atoms with Crippen LogP contribution in [0.25, 0.3) is 0 Å². The van der Waals surface area contributed by atoms with Gasteiger partial charge in [0.05, 0.1) is 11.8 Å². The van der Waals surface area contributed by atoms with E-state index in [0.717, 1.165) is 31.5 Å². The zero-order valence-corrected chi connectivity index (χ0v) is 14.0. The molecule has 1 aromatic heterocycles. The van der Waals surface area contributed by atoms with Crippen LogP contribution in [0.5, 0.6) is 0 Å². The van der Waals surface area contributed by atoms with Crippen LogP contribution in [0.4, 0.5) is 27.5 Å². The summed E-state index contributed by atoms with van der Waals surface area (Å²) in [5.74, 6) is 0.706. The molecule has 7 N–H and O–H groups in total. The van der Waals surface area contributed by atoms with Crippen molar-refractivity contribution in [3.8, 4) is 0 Å². The molecule has 2 aromatic rings. The molecule has 0 saturated carbocycles. The Hall–Kier alpha value is -2.74. The molecule has 8 heteroatoms. The van der Waals surface area contributed by atoms with E-state index in [-0.39, 0.29) is 0 Å². The Balaban J connectivity index is 1.77. The topological polar surface area (TPSA) is 119 Å². The molecule has 1 fully saturated rings. The minimum Gasteiger partial charge on any atom is -0.398 e. The molecule has 0 atom stereocenters. The zero-order valence-electron chi connectivity index (χ0n) is 14.0. The Labute approximate surface area is 145 Å². The van der Waals surface area contributed by atoms with Crippen molar-refractivity contribution in [3.63, 3.8) is 0 Å². The second-order valence-electron chi connectivity index (χ2n) is 6.17. The Morgan fingerprint density at radius 2 is 2.12 bits per heavy atom. The Kier molecular flexibility index (Phi) is 5.08. The summed E-state index contributed by atoms with van der Waals surface area (Å²) < 4.78 is 14.2. The highest BCUT2D eigenvalue weighted by molar-refractivity contribution is 5.84. The maximum atomic E-state index is 14.2. The van der Waals surface area contributed by atoms with Gasteiger partial charge in [0.1, 0.15) is 0 Å². The van der Waals surface area contributed by atoms with E-state index < -0.39 is 5.82 Å². The van der Waals surface area contributed by atoms with Crippen molar-refractivity contribution in [1.82, 2.24) is 9.97 Å². The monoisotopic (exact) mass is 344 g/mol. The van der Waals surface area contributed by atoms with Gasteiger partial charge >= 0.3 is 0 Å². The van der Waals surface area contributed by atoms with Crippen molar-refractivity contribution in [1.29, 1.82) is 0 Å². The summed E-state index contributed by atoms with van der Waals surface area (Å²) in [6, 6.07) is 5.34. The highest BCUT2D eigenvalue weighted by Crippen LogP contribution is 2.25. The standard InChI is InChI=1S/C17H22FN7/c18-14-10-22-17(23-13-2-1-12(9-20)15(21)7-13)24-16(14)25-5-3-11(8-19)4-6-25/h1-2,7,9-11,20H,3-6,8,19,21H2,(H,22,23,24)/p+1. The summed E-state index contributed by atoms with van der Waals surface area (Å²) >= 11 is 0. The largest absolute Gasteiger partial charge is 0.398 e. The molecular formula is C17H23FN7+. The van der Waals surface area contributed by atoms with Gasteiger partial charge in [-0.15, -0.1) is 0 Å². The van der Waals surface area contributed by atoms with Crippen LogP contribution in [0, 0.1) is 11.7 Å². The smallest absolute Gasteiger partial charge is 0.229 e. The first-order valence-electron chi connectivity index (χ1n) is 8.29.